The van der Waals surface area contributed by atoms with Gasteiger partial charge in [0.15, 0.2) is 5.82 Å². The summed E-state index contributed by atoms with van der Waals surface area (Å²) >= 11 is 0. The Morgan fingerprint density at radius 2 is 2.00 bits per heavy atom. The monoisotopic (exact) mass is 456 g/mol. The highest BCUT2D eigenvalue weighted by atomic mass is 16.5. The van der Waals surface area contributed by atoms with Crippen molar-refractivity contribution < 1.29 is 24.5 Å². The molecule has 176 valence electrons. The zero-order valence-electron chi connectivity index (χ0n) is 18.5. The summed E-state index contributed by atoms with van der Waals surface area (Å²) in [4.78, 5) is 36.2. The molecular formula is C22H28N6O5. The molecule has 0 bridgehead atoms. The SMILES string of the molecule is CCNC(=O)Nc1ccc(-c2nc3c(c(N4CCOCC4CO)n2)CCN(C(=O)O)C3)cc1. The Morgan fingerprint density at radius 3 is 2.70 bits per heavy atom. The zero-order chi connectivity index (χ0) is 23.4. The second kappa shape index (κ2) is 10.0. The van der Waals surface area contributed by atoms with Crippen LogP contribution in [-0.4, -0.2) is 82.7 Å². The fraction of sp³-hybridized carbons (Fsp3) is 0.455. The topological polar surface area (TPSA) is 140 Å². The highest BCUT2D eigenvalue weighted by Gasteiger charge is 2.31. The smallest absolute Gasteiger partial charge is 0.407 e. The lowest BCUT2D eigenvalue weighted by atomic mass is 10.0. The van der Waals surface area contributed by atoms with Gasteiger partial charge in [0.1, 0.15) is 5.82 Å². The second-order valence-electron chi connectivity index (χ2n) is 7.92. The molecule has 1 atom stereocenters. The Bertz CT molecular complexity index is 1020. The van der Waals surface area contributed by atoms with E-state index in [9.17, 15) is 19.8 Å². The number of carboxylic acid groups (broad SMARTS) is 1. The van der Waals surface area contributed by atoms with Crippen molar-refractivity contribution >= 4 is 23.6 Å². The maximum atomic E-state index is 11.8. The van der Waals surface area contributed by atoms with Gasteiger partial charge >= 0.3 is 12.1 Å². The number of aliphatic hydroxyl groups excluding tert-OH is 1. The van der Waals surface area contributed by atoms with E-state index in [1.54, 1.807) is 12.1 Å². The first kappa shape index (κ1) is 22.7. The fourth-order valence-corrected chi connectivity index (χ4v) is 4.06. The molecule has 1 fully saturated rings. The van der Waals surface area contributed by atoms with Crippen molar-refractivity contribution in [3.63, 3.8) is 0 Å². The Hall–Kier alpha value is -3.44. The third-order valence-corrected chi connectivity index (χ3v) is 5.76. The van der Waals surface area contributed by atoms with Crippen molar-refractivity contribution in [3.8, 4) is 11.4 Å². The molecule has 3 heterocycles. The van der Waals surface area contributed by atoms with E-state index in [-0.39, 0.29) is 25.2 Å². The molecule has 1 aromatic heterocycles. The number of anilines is 2. The Morgan fingerprint density at radius 1 is 1.21 bits per heavy atom. The van der Waals surface area contributed by atoms with Crippen LogP contribution in [0.15, 0.2) is 24.3 Å². The summed E-state index contributed by atoms with van der Waals surface area (Å²) in [5.74, 6) is 1.18. The van der Waals surface area contributed by atoms with Gasteiger partial charge in [-0.3, -0.25) is 0 Å². The lowest BCUT2D eigenvalue weighted by molar-refractivity contribution is 0.0721. The summed E-state index contributed by atoms with van der Waals surface area (Å²) in [6.07, 6.45) is -0.481. The van der Waals surface area contributed by atoms with Crippen molar-refractivity contribution in [2.45, 2.75) is 25.9 Å². The Kier molecular flexibility index (Phi) is 6.90. The van der Waals surface area contributed by atoms with Gasteiger partial charge in [-0.15, -0.1) is 0 Å². The van der Waals surface area contributed by atoms with Gasteiger partial charge in [-0.25, -0.2) is 19.6 Å². The maximum absolute atomic E-state index is 11.8. The number of urea groups is 1. The van der Waals surface area contributed by atoms with Gasteiger partial charge in [0.2, 0.25) is 0 Å². The van der Waals surface area contributed by atoms with E-state index < -0.39 is 6.09 Å². The van der Waals surface area contributed by atoms with Gasteiger partial charge in [-0.1, -0.05) is 0 Å². The minimum Gasteiger partial charge on any atom is -0.465 e. The van der Waals surface area contributed by atoms with Gasteiger partial charge in [-0.05, 0) is 37.6 Å². The van der Waals surface area contributed by atoms with Crippen molar-refractivity contribution in [2.24, 2.45) is 0 Å². The van der Waals surface area contributed by atoms with Crippen LogP contribution in [0, 0.1) is 0 Å². The number of aliphatic hydroxyl groups is 1. The van der Waals surface area contributed by atoms with Crippen LogP contribution in [-0.2, 0) is 17.7 Å². The van der Waals surface area contributed by atoms with Gasteiger partial charge in [-0.2, -0.15) is 0 Å². The van der Waals surface area contributed by atoms with Crippen molar-refractivity contribution in [1.82, 2.24) is 20.2 Å². The van der Waals surface area contributed by atoms with Crippen molar-refractivity contribution in [3.05, 3.63) is 35.5 Å². The van der Waals surface area contributed by atoms with E-state index in [0.717, 1.165) is 11.1 Å². The van der Waals surface area contributed by atoms with Crippen LogP contribution in [0.1, 0.15) is 18.2 Å². The number of rotatable bonds is 5. The second-order valence-corrected chi connectivity index (χ2v) is 7.92. The average Bonchev–Trinajstić information content (AvgIpc) is 2.83. The summed E-state index contributed by atoms with van der Waals surface area (Å²) in [5, 5.41) is 24.8. The number of ether oxygens (including phenoxy) is 1. The predicted molar refractivity (Wildman–Crippen MR) is 121 cm³/mol. The highest BCUT2D eigenvalue weighted by molar-refractivity contribution is 5.89. The molecule has 4 N–H and O–H groups in total. The zero-order valence-corrected chi connectivity index (χ0v) is 18.5. The molecule has 1 unspecified atom stereocenters. The molecule has 0 spiro atoms. The van der Waals surface area contributed by atoms with Crippen LogP contribution in [0.2, 0.25) is 0 Å². The van der Waals surface area contributed by atoms with Crippen molar-refractivity contribution in [2.75, 3.05) is 49.7 Å². The van der Waals surface area contributed by atoms with Crippen LogP contribution in [0.5, 0.6) is 0 Å². The molecule has 4 rings (SSSR count). The number of hydrogen-bond acceptors (Lipinski definition) is 7. The van der Waals surface area contributed by atoms with Crippen LogP contribution >= 0.6 is 0 Å². The fourth-order valence-electron chi connectivity index (χ4n) is 4.06. The Balaban J connectivity index is 1.70. The van der Waals surface area contributed by atoms with Crippen LogP contribution in [0.4, 0.5) is 21.1 Å². The molecule has 2 aromatic rings. The Labute approximate surface area is 191 Å². The molecular weight excluding hydrogens is 428 g/mol. The number of nitrogens with one attached hydrogen (secondary N) is 2. The number of fused-ring (bicyclic) bond motifs is 1. The number of carbonyl (C=O) groups excluding carboxylic acids is 1. The molecule has 33 heavy (non-hydrogen) atoms. The molecule has 1 aromatic carbocycles. The van der Waals surface area contributed by atoms with Gasteiger partial charge in [0.05, 0.1) is 38.1 Å². The number of hydrogen-bond donors (Lipinski definition) is 4. The normalized spacial score (nSPS) is 17.9. The largest absolute Gasteiger partial charge is 0.465 e. The number of benzene rings is 1. The summed E-state index contributed by atoms with van der Waals surface area (Å²) in [7, 11) is 0. The quantitative estimate of drug-likeness (QED) is 0.531. The molecule has 11 heteroatoms. The molecule has 2 aliphatic heterocycles. The third kappa shape index (κ3) is 4.99. The van der Waals surface area contributed by atoms with E-state index in [2.05, 4.69) is 10.6 Å². The number of amides is 3. The molecule has 3 amide bonds. The van der Waals surface area contributed by atoms with E-state index in [1.165, 1.54) is 4.90 Å². The summed E-state index contributed by atoms with van der Waals surface area (Å²) in [6.45, 7) is 4.33. The summed E-state index contributed by atoms with van der Waals surface area (Å²) < 4.78 is 5.52. The van der Waals surface area contributed by atoms with E-state index in [0.29, 0.717) is 62.3 Å². The number of carbonyl (C=O) groups is 2. The lowest BCUT2D eigenvalue weighted by Crippen LogP contribution is -2.49. The maximum Gasteiger partial charge on any atom is 0.407 e. The van der Waals surface area contributed by atoms with Gasteiger partial charge in [0.25, 0.3) is 0 Å². The standard InChI is InChI=1S/C22H28N6O5/c1-2-23-21(30)24-15-5-3-14(4-6-15)19-25-18-11-27(22(31)32)8-7-17(18)20(26-19)28-9-10-33-13-16(28)12-29/h3-6,16,29H,2,7-13H2,1H3,(H,31,32)(H2,23,24,30). The predicted octanol–water partition coefficient (Wildman–Crippen LogP) is 1.52. The molecule has 0 aliphatic carbocycles. The van der Waals surface area contributed by atoms with Crippen LogP contribution in [0.25, 0.3) is 11.4 Å². The molecule has 1 saturated heterocycles. The molecule has 0 radical (unpaired) electrons. The lowest BCUT2D eigenvalue weighted by Gasteiger charge is -2.38. The van der Waals surface area contributed by atoms with Crippen molar-refractivity contribution in [1.29, 1.82) is 0 Å². The molecule has 11 nitrogen and oxygen atoms in total. The van der Waals surface area contributed by atoms with E-state index in [1.807, 2.05) is 24.0 Å². The summed E-state index contributed by atoms with van der Waals surface area (Å²) in [5.41, 5.74) is 2.94. The average molecular weight is 457 g/mol. The third-order valence-electron chi connectivity index (χ3n) is 5.76. The number of nitrogens with zero attached hydrogens (tertiary/aromatic N) is 4. The van der Waals surface area contributed by atoms with Crippen LogP contribution < -0.4 is 15.5 Å². The van der Waals surface area contributed by atoms with E-state index in [4.69, 9.17) is 14.7 Å². The number of morpholine rings is 1. The van der Waals surface area contributed by atoms with E-state index >= 15 is 0 Å². The first-order chi connectivity index (χ1) is 16.0. The molecule has 0 saturated carbocycles. The first-order valence-corrected chi connectivity index (χ1v) is 11.0. The van der Waals surface area contributed by atoms with Gasteiger partial charge < -0.3 is 35.4 Å². The number of aromatic nitrogens is 2. The summed E-state index contributed by atoms with van der Waals surface area (Å²) in [6, 6.07) is 6.64. The molecule has 2 aliphatic rings. The minimum absolute atomic E-state index is 0.0739. The highest BCUT2D eigenvalue weighted by Crippen LogP contribution is 2.31. The first-order valence-electron chi connectivity index (χ1n) is 11.0. The van der Waals surface area contributed by atoms with Gasteiger partial charge in [0, 0.05) is 36.4 Å². The minimum atomic E-state index is -0.984. The van der Waals surface area contributed by atoms with Crippen LogP contribution in [0.3, 0.4) is 0 Å².